The van der Waals surface area contributed by atoms with E-state index >= 15 is 0 Å². The van der Waals surface area contributed by atoms with Crippen molar-refractivity contribution in [3.05, 3.63) is 42.0 Å². The molecule has 0 aromatic heterocycles. The molecule has 1 aliphatic rings. The fourth-order valence-corrected chi connectivity index (χ4v) is 3.73. The smallest absolute Gasteiger partial charge is 0.342 e. The molecule has 5 nitrogen and oxygen atoms in total. The van der Waals surface area contributed by atoms with E-state index in [4.69, 9.17) is 4.74 Å². The molecule has 5 heteroatoms. The molecule has 0 saturated carbocycles. The van der Waals surface area contributed by atoms with Crippen LogP contribution in [0.1, 0.15) is 50.4 Å². The summed E-state index contributed by atoms with van der Waals surface area (Å²) in [6, 6.07) is 10.8. The lowest BCUT2D eigenvalue weighted by Crippen LogP contribution is -2.51. The quantitative estimate of drug-likeness (QED) is 0.849. The van der Waals surface area contributed by atoms with Gasteiger partial charge in [0, 0.05) is 12.1 Å². The van der Waals surface area contributed by atoms with Crippen molar-refractivity contribution >= 4 is 22.6 Å². The minimum atomic E-state index is -0.892. The molecule has 1 N–H and O–H groups in total. The van der Waals surface area contributed by atoms with E-state index in [0.717, 1.165) is 30.0 Å². The summed E-state index contributed by atoms with van der Waals surface area (Å²) in [5.41, 5.74) is 0.0723. The Kier molecular flexibility index (Phi) is 5.16. The zero-order valence-electron chi connectivity index (χ0n) is 15.4. The summed E-state index contributed by atoms with van der Waals surface area (Å²) in [4.78, 5) is 27.1. The lowest BCUT2D eigenvalue weighted by molar-refractivity contribution is -0.146. The first-order valence-corrected chi connectivity index (χ1v) is 9.13. The number of nitrogens with zero attached hydrogens (tertiary/aromatic N) is 1. The van der Waals surface area contributed by atoms with Crippen molar-refractivity contribution in [3.8, 4) is 5.75 Å². The molecule has 1 aliphatic heterocycles. The van der Waals surface area contributed by atoms with Crippen molar-refractivity contribution in [2.24, 2.45) is 0 Å². The van der Waals surface area contributed by atoms with Crippen LogP contribution in [0.5, 0.6) is 5.75 Å². The summed E-state index contributed by atoms with van der Waals surface area (Å²) >= 11 is 0. The molecule has 1 fully saturated rings. The Bertz CT molecular complexity index is 822. The Morgan fingerprint density at radius 2 is 1.69 bits per heavy atom. The van der Waals surface area contributed by atoms with E-state index in [0.29, 0.717) is 0 Å². The van der Waals surface area contributed by atoms with Gasteiger partial charge < -0.3 is 14.7 Å². The molecule has 0 spiro atoms. The van der Waals surface area contributed by atoms with Gasteiger partial charge in [-0.3, -0.25) is 4.79 Å². The Balaban J connectivity index is 1.77. The van der Waals surface area contributed by atoms with Crippen molar-refractivity contribution in [3.63, 3.8) is 0 Å². The molecule has 1 amide bonds. The number of hydrogen-bond acceptors (Lipinski definition) is 4. The molecule has 3 atom stereocenters. The number of likely N-dealkylation sites (tertiary alicyclic amines) is 1. The highest BCUT2D eigenvalue weighted by atomic mass is 16.5. The first-order chi connectivity index (χ1) is 12.4. The van der Waals surface area contributed by atoms with E-state index in [9.17, 15) is 14.7 Å². The summed E-state index contributed by atoms with van der Waals surface area (Å²) < 4.78 is 5.39. The third-order valence-electron chi connectivity index (χ3n) is 5.16. The number of piperidine rings is 1. The fraction of sp³-hybridized carbons (Fsp3) is 0.429. The van der Waals surface area contributed by atoms with Crippen LogP contribution in [0, 0.1) is 0 Å². The molecular formula is C21H25NO4. The fourth-order valence-electron chi connectivity index (χ4n) is 3.73. The minimum Gasteiger partial charge on any atom is -0.507 e. The maximum atomic E-state index is 12.8. The van der Waals surface area contributed by atoms with E-state index in [1.807, 2.05) is 43.0 Å². The van der Waals surface area contributed by atoms with Crippen molar-refractivity contribution in [2.75, 3.05) is 0 Å². The van der Waals surface area contributed by atoms with Crippen molar-refractivity contribution in [1.82, 2.24) is 4.90 Å². The van der Waals surface area contributed by atoms with Crippen LogP contribution in [0.15, 0.2) is 36.4 Å². The van der Waals surface area contributed by atoms with E-state index in [2.05, 4.69) is 0 Å². The average Bonchev–Trinajstić information content (AvgIpc) is 2.60. The van der Waals surface area contributed by atoms with Crippen molar-refractivity contribution < 1.29 is 19.4 Å². The maximum Gasteiger partial charge on any atom is 0.342 e. The second-order valence-corrected chi connectivity index (χ2v) is 7.14. The summed E-state index contributed by atoms with van der Waals surface area (Å²) in [5, 5.41) is 11.8. The van der Waals surface area contributed by atoms with Gasteiger partial charge in [0.2, 0.25) is 0 Å². The Morgan fingerprint density at radius 3 is 2.31 bits per heavy atom. The summed E-state index contributed by atoms with van der Waals surface area (Å²) in [5.74, 6) is -1.02. The van der Waals surface area contributed by atoms with Crippen LogP contribution in [-0.4, -0.2) is 40.1 Å². The minimum absolute atomic E-state index is 0.0723. The number of benzene rings is 2. The van der Waals surface area contributed by atoms with Crippen LogP contribution < -0.4 is 0 Å². The number of amides is 1. The van der Waals surface area contributed by atoms with Crippen LogP contribution >= 0.6 is 0 Å². The SMILES string of the molecule is C[C@@H]1CCC[C@H](C)N1C(=O)[C@@H](C)OC(=O)c1cc2ccccc2cc1O. The van der Waals surface area contributed by atoms with Gasteiger partial charge in [0.05, 0.1) is 0 Å². The number of carbonyl (C=O) groups is 2. The normalized spacial score (nSPS) is 21.4. The second kappa shape index (κ2) is 7.36. The van der Waals surface area contributed by atoms with Crippen molar-refractivity contribution in [2.45, 2.75) is 58.2 Å². The van der Waals surface area contributed by atoms with Gasteiger partial charge in [0.15, 0.2) is 6.10 Å². The molecule has 1 saturated heterocycles. The van der Waals surface area contributed by atoms with Gasteiger partial charge in [0.25, 0.3) is 5.91 Å². The Hall–Kier alpha value is -2.56. The zero-order chi connectivity index (χ0) is 18.8. The highest BCUT2D eigenvalue weighted by Gasteiger charge is 2.33. The Labute approximate surface area is 153 Å². The highest BCUT2D eigenvalue weighted by Crippen LogP contribution is 2.27. The molecule has 26 heavy (non-hydrogen) atoms. The summed E-state index contributed by atoms with van der Waals surface area (Å²) in [7, 11) is 0. The standard InChI is InChI=1S/C21H25NO4/c1-13-7-6-8-14(2)22(13)20(24)15(3)26-21(25)18-11-16-9-4-5-10-17(16)12-19(18)23/h4-5,9-15,23H,6-8H2,1-3H3/t13-,14+,15-/m1/s1. The first-order valence-electron chi connectivity index (χ1n) is 9.13. The van der Waals surface area contributed by atoms with E-state index in [1.54, 1.807) is 13.0 Å². The summed E-state index contributed by atoms with van der Waals surface area (Å²) in [6.07, 6.45) is 2.13. The lowest BCUT2D eigenvalue weighted by Gasteiger charge is -2.40. The second-order valence-electron chi connectivity index (χ2n) is 7.14. The van der Waals surface area contributed by atoms with Gasteiger partial charge in [-0.15, -0.1) is 0 Å². The number of carbonyl (C=O) groups excluding carboxylic acids is 2. The van der Waals surface area contributed by atoms with Crippen molar-refractivity contribution in [1.29, 1.82) is 0 Å². The van der Waals surface area contributed by atoms with Crippen LogP contribution in [0.2, 0.25) is 0 Å². The Morgan fingerprint density at radius 1 is 1.12 bits per heavy atom. The number of phenolic OH excluding ortho intramolecular Hbond substituents is 1. The van der Waals surface area contributed by atoms with Crippen LogP contribution in [-0.2, 0) is 9.53 Å². The zero-order valence-corrected chi connectivity index (χ0v) is 15.4. The third-order valence-corrected chi connectivity index (χ3v) is 5.16. The molecule has 2 aromatic rings. The molecule has 0 unspecified atom stereocenters. The predicted octanol–water partition coefficient (Wildman–Crippen LogP) is 3.88. The van der Waals surface area contributed by atoms with E-state index in [-0.39, 0.29) is 29.3 Å². The number of ether oxygens (including phenoxy) is 1. The number of phenols is 1. The predicted molar refractivity (Wildman–Crippen MR) is 100 cm³/mol. The number of aromatic hydroxyl groups is 1. The summed E-state index contributed by atoms with van der Waals surface area (Å²) in [6.45, 7) is 5.64. The van der Waals surface area contributed by atoms with Gasteiger partial charge in [0.1, 0.15) is 11.3 Å². The van der Waals surface area contributed by atoms with E-state index in [1.165, 1.54) is 6.07 Å². The molecule has 138 valence electrons. The molecule has 2 aromatic carbocycles. The van der Waals surface area contributed by atoms with E-state index < -0.39 is 12.1 Å². The number of esters is 1. The number of hydrogen-bond donors (Lipinski definition) is 1. The molecule has 3 rings (SSSR count). The average molecular weight is 355 g/mol. The van der Waals surface area contributed by atoms with Gasteiger partial charge in [-0.1, -0.05) is 24.3 Å². The van der Waals surface area contributed by atoms with Gasteiger partial charge in [-0.25, -0.2) is 4.79 Å². The molecule has 0 bridgehead atoms. The molecule has 0 radical (unpaired) electrons. The van der Waals surface area contributed by atoms with Crippen LogP contribution in [0.3, 0.4) is 0 Å². The monoisotopic (exact) mass is 355 g/mol. The third kappa shape index (κ3) is 3.52. The van der Waals surface area contributed by atoms with Gasteiger partial charge in [-0.2, -0.15) is 0 Å². The largest absolute Gasteiger partial charge is 0.507 e. The topological polar surface area (TPSA) is 66.8 Å². The number of fused-ring (bicyclic) bond motifs is 1. The highest BCUT2D eigenvalue weighted by molar-refractivity contribution is 5.99. The maximum absolute atomic E-state index is 12.8. The molecule has 1 heterocycles. The van der Waals surface area contributed by atoms with Gasteiger partial charge >= 0.3 is 5.97 Å². The first kappa shape index (κ1) is 18.2. The van der Waals surface area contributed by atoms with Gasteiger partial charge in [-0.05, 0) is 62.9 Å². The number of rotatable bonds is 3. The molecule has 0 aliphatic carbocycles. The lowest BCUT2D eigenvalue weighted by atomic mass is 9.97. The van der Waals surface area contributed by atoms with Crippen LogP contribution in [0.4, 0.5) is 0 Å². The van der Waals surface area contributed by atoms with Crippen LogP contribution in [0.25, 0.3) is 10.8 Å². The molecular weight excluding hydrogens is 330 g/mol.